The number of benzene rings is 1. The van der Waals surface area contributed by atoms with E-state index in [9.17, 15) is 14.0 Å². The van der Waals surface area contributed by atoms with E-state index in [0.29, 0.717) is 13.0 Å². The summed E-state index contributed by atoms with van der Waals surface area (Å²) in [6, 6.07) is 5.96. The summed E-state index contributed by atoms with van der Waals surface area (Å²) in [5.74, 6) is -1.57. The molecule has 0 unspecified atom stereocenters. The van der Waals surface area contributed by atoms with Gasteiger partial charge in [0, 0.05) is 12.6 Å². The van der Waals surface area contributed by atoms with Crippen molar-refractivity contribution in [2.24, 2.45) is 0 Å². The highest BCUT2D eigenvalue weighted by molar-refractivity contribution is 6.35. The summed E-state index contributed by atoms with van der Waals surface area (Å²) < 4.78 is 12.6. The van der Waals surface area contributed by atoms with Crippen LogP contribution in [0.1, 0.15) is 19.4 Å². The third-order valence-corrected chi connectivity index (χ3v) is 2.24. The summed E-state index contributed by atoms with van der Waals surface area (Å²) in [7, 11) is 0. The lowest BCUT2D eigenvalue weighted by Crippen LogP contribution is -2.43. The lowest BCUT2D eigenvalue weighted by molar-refractivity contribution is -0.139. The van der Waals surface area contributed by atoms with Crippen molar-refractivity contribution in [3.8, 4) is 0 Å². The Labute approximate surface area is 106 Å². The van der Waals surface area contributed by atoms with Crippen molar-refractivity contribution in [2.45, 2.75) is 26.3 Å². The summed E-state index contributed by atoms with van der Waals surface area (Å²) in [6.45, 7) is 3.91. The van der Waals surface area contributed by atoms with Crippen LogP contribution in [0.3, 0.4) is 0 Å². The van der Waals surface area contributed by atoms with Gasteiger partial charge in [-0.2, -0.15) is 0 Å². The molecule has 1 rings (SSSR count). The molecule has 1 aromatic carbocycles. The van der Waals surface area contributed by atoms with E-state index in [1.165, 1.54) is 12.1 Å². The number of hydrogen-bond donors (Lipinski definition) is 2. The molecule has 0 atom stereocenters. The third-order valence-electron chi connectivity index (χ3n) is 2.24. The predicted molar refractivity (Wildman–Crippen MR) is 66.4 cm³/mol. The van der Waals surface area contributed by atoms with Crippen LogP contribution in [0, 0.1) is 5.82 Å². The molecule has 1 aromatic rings. The Balaban J connectivity index is 2.31. The highest BCUT2D eigenvalue weighted by Crippen LogP contribution is 2.02. The number of nitrogens with one attached hydrogen (secondary N) is 2. The maximum absolute atomic E-state index is 12.6. The Bertz CT molecular complexity index is 416. The fraction of sp³-hybridized carbons (Fsp3) is 0.385. The second-order valence-electron chi connectivity index (χ2n) is 4.26. The van der Waals surface area contributed by atoms with Crippen molar-refractivity contribution in [1.82, 2.24) is 10.6 Å². The van der Waals surface area contributed by atoms with E-state index in [0.717, 1.165) is 5.56 Å². The van der Waals surface area contributed by atoms with Crippen LogP contribution < -0.4 is 10.6 Å². The van der Waals surface area contributed by atoms with E-state index in [1.807, 2.05) is 0 Å². The second-order valence-corrected chi connectivity index (χ2v) is 4.26. The van der Waals surface area contributed by atoms with Crippen molar-refractivity contribution in [1.29, 1.82) is 0 Å². The van der Waals surface area contributed by atoms with E-state index in [2.05, 4.69) is 10.6 Å². The van der Waals surface area contributed by atoms with E-state index in [1.54, 1.807) is 26.0 Å². The minimum atomic E-state index is -0.647. The van der Waals surface area contributed by atoms with E-state index in [4.69, 9.17) is 0 Å². The Kier molecular flexibility index (Phi) is 5.30. The predicted octanol–water partition coefficient (Wildman–Crippen LogP) is 1.01. The molecule has 98 valence electrons. The largest absolute Gasteiger partial charge is 0.348 e. The van der Waals surface area contributed by atoms with Gasteiger partial charge in [-0.05, 0) is 38.0 Å². The first-order valence-corrected chi connectivity index (χ1v) is 5.82. The molecular formula is C13H17FN2O2. The molecule has 0 aliphatic rings. The van der Waals surface area contributed by atoms with Gasteiger partial charge in [-0.15, -0.1) is 0 Å². The van der Waals surface area contributed by atoms with Crippen molar-refractivity contribution in [3.05, 3.63) is 35.6 Å². The quantitative estimate of drug-likeness (QED) is 0.786. The lowest BCUT2D eigenvalue weighted by Gasteiger charge is -2.08. The molecule has 0 saturated heterocycles. The maximum Gasteiger partial charge on any atom is 0.309 e. The Hall–Kier alpha value is -1.91. The molecule has 0 spiro atoms. The maximum atomic E-state index is 12.6. The average molecular weight is 252 g/mol. The standard InChI is InChI=1S/C13H17FN2O2/c1-9(2)16-13(18)12(17)15-8-7-10-3-5-11(14)6-4-10/h3-6,9H,7-8H2,1-2H3,(H,15,17)(H,16,18). The van der Waals surface area contributed by atoms with Gasteiger partial charge in [-0.1, -0.05) is 12.1 Å². The molecule has 0 aliphatic carbocycles. The Morgan fingerprint density at radius 2 is 1.78 bits per heavy atom. The van der Waals surface area contributed by atoms with E-state index in [-0.39, 0.29) is 11.9 Å². The molecule has 0 aliphatic heterocycles. The van der Waals surface area contributed by atoms with Crippen molar-refractivity contribution >= 4 is 11.8 Å². The first-order valence-electron chi connectivity index (χ1n) is 5.82. The first-order chi connectivity index (χ1) is 8.49. The average Bonchev–Trinajstić information content (AvgIpc) is 2.30. The molecule has 0 bridgehead atoms. The molecule has 0 fully saturated rings. The zero-order valence-corrected chi connectivity index (χ0v) is 10.5. The van der Waals surface area contributed by atoms with Crippen molar-refractivity contribution in [3.63, 3.8) is 0 Å². The molecule has 2 amide bonds. The molecule has 0 saturated carbocycles. The number of carbonyl (C=O) groups excluding carboxylic acids is 2. The van der Waals surface area contributed by atoms with Crippen LogP contribution in [0.15, 0.2) is 24.3 Å². The van der Waals surface area contributed by atoms with E-state index < -0.39 is 11.8 Å². The zero-order valence-electron chi connectivity index (χ0n) is 10.5. The topological polar surface area (TPSA) is 58.2 Å². The molecular weight excluding hydrogens is 235 g/mol. The van der Waals surface area contributed by atoms with Crippen LogP contribution in [0.5, 0.6) is 0 Å². The van der Waals surface area contributed by atoms with Gasteiger partial charge in [-0.3, -0.25) is 9.59 Å². The van der Waals surface area contributed by atoms with Crippen molar-refractivity contribution in [2.75, 3.05) is 6.54 Å². The second kappa shape index (κ2) is 6.74. The van der Waals surface area contributed by atoms with Gasteiger partial charge in [0.05, 0.1) is 0 Å². The summed E-state index contributed by atoms with van der Waals surface area (Å²) >= 11 is 0. The molecule has 18 heavy (non-hydrogen) atoms. The third kappa shape index (κ3) is 4.95. The SMILES string of the molecule is CC(C)NC(=O)C(=O)NCCc1ccc(F)cc1. The number of halogens is 1. The van der Waals surface area contributed by atoms with Crippen LogP contribution in [-0.2, 0) is 16.0 Å². The van der Waals surface area contributed by atoms with Gasteiger partial charge in [-0.25, -0.2) is 4.39 Å². The van der Waals surface area contributed by atoms with E-state index >= 15 is 0 Å². The fourth-order valence-corrected chi connectivity index (χ4v) is 1.38. The summed E-state index contributed by atoms with van der Waals surface area (Å²) in [4.78, 5) is 22.6. The summed E-state index contributed by atoms with van der Waals surface area (Å²) in [5, 5.41) is 5.00. The number of amides is 2. The summed E-state index contributed by atoms with van der Waals surface area (Å²) in [5.41, 5.74) is 0.904. The molecule has 5 heteroatoms. The summed E-state index contributed by atoms with van der Waals surface area (Å²) in [6.07, 6.45) is 0.557. The smallest absolute Gasteiger partial charge is 0.309 e. The highest BCUT2D eigenvalue weighted by Gasteiger charge is 2.13. The minimum Gasteiger partial charge on any atom is -0.348 e. The molecule has 0 heterocycles. The zero-order chi connectivity index (χ0) is 13.5. The van der Waals surface area contributed by atoms with Crippen LogP contribution in [0.2, 0.25) is 0 Å². The minimum absolute atomic E-state index is 0.0691. The lowest BCUT2D eigenvalue weighted by atomic mass is 10.1. The monoisotopic (exact) mass is 252 g/mol. The first kappa shape index (κ1) is 14.2. The van der Waals surface area contributed by atoms with Gasteiger partial charge >= 0.3 is 11.8 Å². The van der Waals surface area contributed by atoms with Gasteiger partial charge in [0.2, 0.25) is 0 Å². The van der Waals surface area contributed by atoms with Crippen LogP contribution in [0.4, 0.5) is 4.39 Å². The van der Waals surface area contributed by atoms with Crippen molar-refractivity contribution < 1.29 is 14.0 Å². The fourth-order valence-electron chi connectivity index (χ4n) is 1.38. The molecule has 0 radical (unpaired) electrons. The van der Waals surface area contributed by atoms with Crippen LogP contribution in [-0.4, -0.2) is 24.4 Å². The molecule has 2 N–H and O–H groups in total. The number of carbonyl (C=O) groups is 2. The molecule has 0 aromatic heterocycles. The Morgan fingerprint density at radius 1 is 1.17 bits per heavy atom. The molecule has 4 nitrogen and oxygen atoms in total. The van der Waals surface area contributed by atoms with Gasteiger partial charge < -0.3 is 10.6 Å². The Morgan fingerprint density at radius 3 is 2.33 bits per heavy atom. The van der Waals surface area contributed by atoms with Gasteiger partial charge in [0.1, 0.15) is 5.82 Å². The number of hydrogen-bond acceptors (Lipinski definition) is 2. The number of rotatable bonds is 4. The normalized spacial score (nSPS) is 10.2. The highest BCUT2D eigenvalue weighted by atomic mass is 19.1. The van der Waals surface area contributed by atoms with Gasteiger partial charge in [0.15, 0.2) is 0 Å². The van der Waals surface area contributed by atoms with Crippen LogP contribution >= 0.6 is 0 Å². The van der Waals surface area contributed by atoms with Gasteiger partial charge in [0.25, 0.3) is 0 Å². The van der Waals surface area contributed by atoms with Crippen LogP contribution in [0.25, 0.3) is 0 Å².